The Morgan fingerprint density at radius 3 is 2.81 bits per heavy atom. The number of hydrogen-bond donors (Lipinski definition) is 2. The lowest BCUT2D eigenvalue weighted by atomic mass is 10.1. The van der Waals surface area contributed by atoms with Crippen LogP contribution in [-0.4, -0.2) is 62.2 Å². The highest BCUT2D eigenvalue weighted by molar-refractivity contribution is 5.56. The fourth-order valence-electron chi connectivity index (χ4n) is 4.33. The normalized spacial score (nSPS) is 17.5. The molecule has 1 saturated heterocycles. The second kappa shape index (κ2) is 9.90. The number of anilines is 3. The maximum absolute atomic E-state index is 5.86. The third kappa shape index (κ3) is 4.85. The van der Waals surface area contributed by atoms with Gasteiger partial charge in [-0.25, -0.2) is 9.97 Å². The minimum atomic E-state index is -0.0658. The van der Waals surface area contributed by atoms with E-state index in [2.05, 4.69) is 35.5 Å². The average Bonchev–Trinajstić information content (AvgIpc) is 3.27. The number of nitrogens with zero attached hydrogens (tertiary/aromatic N) is 7. The Balaban J connectivity index is 1.27. The molecule has 1 aliphatic carbocycles. The summed E-state index contributed by atoms with van der Waals surface area (Å²) in [5.41, 5.74) is 1.74. The van der Waals surface area contributed by atoms with Crippen molar-refractivity contribution in [2.24, 2.45) is 0 Å². The molecule has 5 heterocycles. The summed E-state index contributed by atoms with van der Waals surface area (Å²) in [6.07, 6.45) is 7.62. The van der Waals surface area contributed by atoms with Crippen LogP contribution in [0.4, 0.5) is 17.6 Å². The summed E-state index contributed by atoms with van der Waals surface area (Å²) < 4.78 is 16.7. The van der Waals surface area contributed by atoms with Gasteiger partial charge in [-0.05, 0) is 31.7 Å². The van der Waals surface area contributed by atoms with E-state index in [1.165, 1.54) is 12.8 Å². The monoisotopic (exact) mass is 489 g/mol. The van der Waals surface area contributed by atoms with Gasteiger partial charge in [0.15, 0.2) is 23.1 Å². The molecule has 0 amide bonds. The smallest absolute Gasteiger partial charge is 0.231 e. The van der Waals surface area contributed by atoms with Crippen LogP contribution in [0, 0.1) is 0 Å². The van der Waals surface area contributed by atoms with Crippen LogP contribution < -0.4 is 15.0 Å². The van der Waals surface area contributed by atoms with E-state index in [1.54, 1.807) is 31.6 Å². The Morgan fingerprint density at radius 2 is 1.97 bits per heavy atom. The van der Waals surface area contributed by atoms with Crippen molar-refractivity contribution >= 4 is 17.6 Å². The van der Waals surface area contributed by atoms with Gasteiger partial charge in [0.05, 0.1) is 12.6 Å². The molecule has 4 aromatic heterocycles. The van der Waals surface area contributed by atoms with Gasteiger partial charge in [0, 0.05) is 55.9 Å². The molecule has 0 spiro atoms. The van der Waals surface area contributed by atoms with Crippen LogP contribution >= 0.6 is 0 Å². The fraction of sp³-hybridized carbons (Fsp3) is 0.417. The Hall–Kier alpha value is -4.06. The summed E-state index contributed by atoms with van der Waals surface area (Å²) in [5, 5.41) is 15.0. The van der Waals surface area contributed by atoms with Gasteiger partial charge in [0.1, 0.15) is 12.4 Å². The van der Waals surface area contributed by atoms with Crippen LogP contribution in [0.2, 0.25) is 0 Å². The van der Waals surface area contributed by atoms with Gasteiger partial charge >= 0.3 is 0 Å². The van der Waals surface area contributed by atoms with Gasteiger partial charge in [-0.2, -0.15) is 15.1 Å². The van der Waals surface area contributed by atoms with Gasteiger partial charge in [-0.3, -0.25) is 5.10 Å². The summed E-state index contributed by atoms with van der Waals surface area (Å²) in [4.78, 5) is 20.1. The Labute approximate surface area is 207 Å². The zero-order valence-corrected chi connectivity index (χ0v) is 19.9. The van der Waals surface area contributed by atoms with Crippen LogP contribution in [-0.2, 0) is 4.74 Å². The van der Waals surface area contributed by atoms with E-state index in [0.29, 0.717) is 54.1 Å². The largest absolute Gasteiger partial charge is 0.475 e. The standard InChI is InChI=1S/C24H27N9O3/c1-34-10-11-35-22-14-20(27-21-13-16(30-31-21)15-5-6-15)28-24(29-22)33-9-2-4-18(33)19-12-17(32-36-19)23-25-7-3-8-26-23/h3,7-8,12-15,18H,2,4-6,9-11H2,1H3,(H2,27,28,29,30,31). The summed E-state index contributed by atoms with van der Waals surface area (Å²) in [6, 6.07) is 7.40. The zero-order valence-electron chi connectivity index (χ0n) is 19.9. The Morgan fingerprint density at radius 1 is 1.08 bits per heavy atom. The number of aromatic nitrogens is 7. The maximum Gasteiger partial charge on any atom is 0.231 e. The predicted octanol–water partition coefficient (Wildman–Crippen LogP) is 3.63. The highest BCUT2D eigenvalue weighted by atomic mass is 16.5. The molecule has 2 N–H and O–H groups in total. The highest BCUT2D eigenvalue weighted by Gasteiger charge is 2.32. The lowest BCUT2D eigenvalue weighted by Crippen LogP contribution is -2.25. The minimum Gasteiger partial charge on any atom is -0.475 e. The van der Waals surface area contributed by atoms with E-state index < -0.39 is 0 Å². The van der Waals surface area contributed by atoms with Crippen molar-refractivity contribution in [3.8, 4) is 17.4 Å². The van der Waals surface area contributed by atoms with E-state index in [0.717, 1.165) is 30.8 Å². The van der Waals surface area contributed by atoms with Crippen molar-refractivity contribution in [1.29, 1.82) is 0 Å². The minimum absolute atomic E-state index is 0.0658. The fourth-order valence-corrected chi connectivity index (χ4v) is 4.33. The molecule has 12 heteroatoms. The first-order valence-electron chi connectivity index (χ1n) is 12.1. The molecular formula is C24H27N9O3. The van der Waals surface area contributed by atoms with Crippen molar-refractivity contribution in [3.63, 3.8) is 0 Å². The molecule has 0 aromatic carbocycles. The molecule has 4 aromatic rings. The molecule has 1 atom stereocenters. The molecule has 1 aliphatic heterocycles. The van der Waals surface area contributed by atoms with Gasteiger partial charge in [-0.15, -0.1) is 0 Å². The molecule has 12 nitrogen and oxygen atoms in total. The first-order chi connectivity index (χ1) is 17.8. The van der Waals surface area contributed by atoms with Gasteiger partial charge < -0.3 is 24.2 Å². The molecule has 2 aliphatic rings. The molecule has 36 heavy (non-hydrogen) atoms. The first kappa shape index (κ1) is 22.4. The number of methoxy groups -OCH3 is 1. The second-order valence-corrected chi connectivity index (χ2v) is 8.88. The summed E-state index contributed by atoms with van der Waals surface area (Å²) >= 11 is 0. The molecule has 1 unspecified atom stereocenters. The van der Waals surface area contributed by atoms with Crippen molar-refractivity contribution < 1.29 is 14.0 Å². The average molecular weight is 490 g/mol. The van der Waals surface area contributed by atoms with Crippen molar-refractivity contribution in [2.75, 3.05) is 37.1 Å². The predicted molar refractivity (Wildman–Crippen MR) is 130 cm³/mol. The lowest BCUT2D eigenvalue weighted by molar-refractivity contribution is 0.143. The number of nitrogens with one attached hydrogen (secondary N) is 2. The highest BCUT2D eigenvalue weighted by Crippen LogP contribution is 2.40. The summed E-state index contributed by atoms with van der Waals surface area (Å²) in [5.74, 6) is 4.15. The number of ether oxygens (including phenoxy) is 2. The zero-order chi connectivity index (χ0) is 24.3. The third-order valence-electron chi connectivity index (χ3n) is 6.26. The molecule has 0 bridgehead atoms. The van der Waals surface area contributed by atoms with E-state index in [9.17, 15) is 0 Å². The topological polar surface area (TPSA) is 140 Å². The van der Waals surface area contributed by atoms with E-state index >= 15 is 0 Å². The molecular weight excluding hydrogens is 462 g/mol. The lowest BCUT2D eigenvalue weighted by Gasteiger charge is -2.23. The Kier molecular flexibility index (Phi) is 6.16. The van der Waals surface area contributed by atoms with Crippen LogP contribution in [0.3, 0.4) is 0 Å². The molecule has 0 radical (unpaired) electrons. The van der Waals surface area contributed by atoms with Crippen LogP contribution in [0.15, 0.2) is 41.2 Å². The molecule has 186 valence electrons. The van der Waals surface area contributed by atoms with Crippen molar-refractivity contribution in [1.82, 2.24) is 35.3 Å². The molecule has 2 fully saturated rings. The van der Waals surface area contributed by atoms with Crippen LogP contribution in [0.1, 0.15) is 49.1 Å². The number of rotatable bonds is 10. The van der Waals surface area contributed by atoms with Gasteiger partial charge in [0.2, 0.25) is 11.8 Å². The van der Waals surface area contributed by atoms with Crippen LogP contribution in [0.25, 0.3) is 11.5 Å². The quantitative estimate of drug-likeness (QED) is 0.316. The SMILES string of the molecule is COCCOc1cc(Nc2cc(C3CC3)[nH]n2)nc(N2CCCC2c2cc(-c3ncccn3)no2)n1. The van der Waals surface area contributed by atoms with E-state index in [-0.39, 0.29) is 6.04 Å². The van der Waals surface area contributed by atoms with E-state index in [1.807, 2.05) is 12.1 Å². The summed E-state index contributed by atoms with van der Waals surface area (Å²) in [7, 11) is 1.64. The van der Waals surface area contributed by atoms with Gasteiger partial charge in [-0.1, -0.05) is 5.16 Å². The Bertz CT molecular complexity index is 1310. The number of aromatic amines is 1. The molecule has 6 rings (SSSR count). The molecule has 1 saturated carbocycles. The number of H-pyrrole nitrogens is 1. The van der Waals surface area contributed by atoms with Crippen LogP contribution in [0.5, 0.6) is 5.88 Å². The first-order valence-corrected chi connectivity index (χ1v) is 12.1. The number of hydrogen-bond acceptors (Lipinski definition) is 11. The summed E-state index contributed by atoms with van der Waals surface area (Å²) in [6.45, 7) is 1.62. The third-order valence-corrected chi connectivity index (χ3v) is 6.26. The van der Waals surface area contributed by atoms with Gasteiger partial charge in [0.25, 0.3) is 0 Å². The van der Waals surface area contributed by atoms with E-state index in [4.69, 9.17) is 24.0 Å². The van der Waals surface area contributed by atoms with Crippen molar-refractivity contribution in [2.45, 2.75) is 37.6 Å². The van der Waals surface area contributed by atoms with Crippen molar-refractivity contribution in [3.05, 3.63) is 48.1 Å². The second-order valence-electron chi connectivity index (χ2n) is 8.88. The maximum atomic E-state index is 5.86.